The van der Waals surface area contributed by atoms with E-state index in [9.17, 15) is 9.59 Å². The number of ether oxygens (including phenoxy) is 1. The number of aliphatic imine (C=N–C) groups is 2. The molecule has 0 spiro atoms. The maximum atomic E-state index is 10.2. The molecule has 110 valence electrons. The summed E-state index contributed by atoms with van der Waals surface area (Å²) in [6.45, 7) is 1.49. The third-order valence-corrected chi connectivity index (χ3v) is 3.03. The lowest BCUT2D eigenvalue weighted by Gasteiger charge is -2.13. The Kier molecular flexibility index (Phi) is 13.6. The van der Waals surface area contributed by atoms with Gasteiger partial charge >= 0.3 is 0 Å². The normalized spacial score (nSPS) is 10.8. The van der Waals surface area contributed by atoms with Crippen molar-refractivity contribution >= 4 is 12.2 Å². The first-order valence-electron chi connectivity index (χ1n) is 6.93. The molecular formula is C14H21N3O3. The zero-order valence-electron chi connectivity index (χ0n) is 11.7. The Labute approximate surface area is 119 Å². The lowest BCUT2D eigenvalue weighted by molar-refractivity contribution is 0.258. The molecule has 6 nitrogen and oxygen atoms in total. The average Bonchev–Trinajstić information content (AvgIpc) is 2.47. The van der Waals surface area contributed by atoms with E-state index < -0.39 is 0 Å². The first-order chi connectivity index (χ1) is 9.85. The van der Waals surface area contributed by atoms with E-state index >= 15 is 0 Å². The summed E-state index contributed by atoms with van der Waals surface area (Å²) >= 11 is 0. The molecule has 0 saturated carbocycles. The molecule has 0 amide bonds. The van der Waals surface area contributed by atoms with Gasteiger partial charge in [0.2, 0.25) is 12.2 Å². The van der Waals surface area contributed by atoms with Crippen LogP contribution in [0.2, 0.25) is 0 Å². The Balaban J connectivity index is 3.75. The fourth-order valence-corrected chi connectivity index (χ4v) is 1.99. The highest BCUT2D eigenvalue weighted by Gasteiger charge is 2.08. The number of isocyanates is 2. The summed E-state index contributed by atoms with van der Waals surface area (Å²) in [6, 6.07) is 0. The van der Waals surface area contributed by atoms with Gasteiger partial charge in [-0.15, -0.1) is 0 Å². The predicted octanol–water partition coefficient (Wildman–Crippen LogP) is 2.50. The number of hydrogen-bond donors (Lipinski definition) is 0. The van der Waals surface area contributed by atoms with Crippen LogP contribution in [0.3, 0.4) is 0 Å². The van der Waals surface area contributed by atoms with E-state index in [2.05, 4.69) is 14.7 Å². The molecule has 0 aliphatic carbocycles. The van der Waals surface area contributed by atoms with Gasteiger partial charge in [0.15, 0.2) is 0 Å². The molecule has 0 aliphatic heterocycles. The zero-order valence-corrected chi connectivity index (χ0v) is 11.7. The molecule has 0 heterocycles. The van der Waals surface area contributed by atoms with Crippen LogP contribution in [0.4, 0.5) is 0 Å². The molecule has 6 heteroatoms. The third kappa shape index (κ3) is 12.5. The minimum Gasteiger partial charge on any atom is -0.428 e. The third-order valence-electron chi connectivity index (χ3n) is 3.03. The topological polar surface area (TPSA) is 91.9 Å². The first kappa shape index (κ1) is 18.0. The van der Waals surface area contributed by atoms with E-state index in [4.69, 9.17) is 5.26 Å². The van der Waals surface area contributed by atoms with Crippen LogP contribution in [0.25, 0.3) is 0 Å². The lowest BCUT2D eigenvalue weighted by Crippen LogP contribution is -2.05. The summed E-state index contributed by atoms with van der Waals surface area (Å²) in [6.07, 6.45) is 11.4. The number of unbranched alkanes of at least 4 members (excludes halogenated alkanes) is 3. The van der Waals surface area contributed by atoms with Crippen molar-refractivity contribution in [1.82, 2.24) is 0 Å². The molecule has 0 aliphatic rings. The summed E-state index contributed by atoms with van der Waals surface area (Å²) in [5.41, 5.74) is 0. The van der Waals surface area contributed by atoms with Gasteiger partial charge in [-0.1, -0.05) is 19.3 Å². The van der Waals surface area contributed by atoms with Crippen molar-refractivity contribution in [3.63, 3.8) is 0 Å². The van der Waals surface area contributed by atoms with Crippen LogP contribution in [0.15, 0.2) is 9.98 Å². The van der Waals surface area contributed by atoms with E-state index in [1.165, 1.54) is 6.08 Å². The van der Waals surface area contributed by atoms with Crippen LogP contribution in [-0.4, -0.2) is 31.9 Å². The van der Waals surface area contributed by atoms with Crippen molar-refractivity contribution in [3.05, 3.63) is 0 Å². The molecule has 20 heavy (non-hydrogen) atoms. The van der Waals surface area contributed by atoms with E-state index in [0.29, 0.717) is 25.6 Å². The fraction of sp³-hybridized carbons (Fsp3) is 0.786. The van der Waals surface area contributed by atoms with Crippen LogP contribution in [-0.2, 0) is 14.3 Å². The Morgan fingerprint density at radius 1 is 0.950 bits per heavy atom. The van der Waals surface area contributed by atoms with Gasteiger partial charge in [-0.3, -0.25) is 0 Å². The van der Waals surface area contributed by atoms with Crippen LogP contribution >= 0.6 is 0 Å². The average molecular weight is 279 g/mol. The fourth-order valence-electron chi connectivity index (χ4n) is 1.99. The molecule has 0 aromatic carbocycles. The highest BCUT2D eigenvalue weighted by molar-refractivity contribution is 5.33. The van der Waals surface area contributed by atoms with Crippen molar-refractivity contribution in [2.24, 2.45) is 15.9 Å². The summed E-state index contributed by atoms with van der Waals surface area (Å²) in [5, 5.41) is 8.21. The lowest BCUT2D eigenvalue weighted by atomic mass is 9.95. The Morgan fingerprint density at radius 2 is 1.65 bits per heavy atom. The second-order valence-electron chi connectivity index (χ2n) is 4.56. The molecule has 0 bridgehead atoms. The van der Waals surface area contributed by atoms with E-state index in [1.54, 1.807) is 12.3 Å². The largest absolute Gasteiger partial charge is 0.428 e. The maximum Gasteiger partial charge on any atom is 0.286 e. The van der Waals surface area contributed by atoms with Gasteiger partial charge in [-0.25, -0.2) is 19.6 Å². The van der Waals surface area contributed by atoms with Crippen molar-refractivity contribution < 1.29 is 14.3 Å². The molecule has 0 radical (unpaired) electrons. The highest BCUT2D eigenvalue weighted by Crippen LogP contribution is 2.17. The van der Waals surface area contributed by atoms with E-state index in [0.717, 1.165) is 44.9 Å². The number of nitrogens with zero attached hydrogens (tertiary/aromatic N) is 3. The first-order valence-corrected chi connectivity index (χ1v) is 6.93. The Hall–Kier alpha value is -1.95. The highest BCUT2D eigenvalue weighted by atomic mass is 16.5. The summed E-state index contributed by atoms with van der Waals surface area (Å²) in [7, 11) is 0. The van der Waals surface area contributed by atoms with Crippen molar-refractivity contribution in [1.29, 1.82) is 5.26 Å². The minimum atomic E-state index is 0.369. The van der Waals surface area contributed by atoms with Crippen LogP contribution in [0.5, 0.6) is 0 Å². The molecule has 0 aromatic rings. The molecule has 0 aromatic heterocycles. The van der Waals surface area contributed by atoms with Gasteiger partial charge in [0.05, 0.1) is 13.1 Å². The van der Waals surface area contributed by atoms with Gasteiger partial charge in [-0.05, 0) is 31.6 Å². The van der Waals surface area contributed by atoms with Crippen LogP contribution in [0, 0.1) is 17.4 Å². The second-order valence-corrected chi connectivity index (χ2v) is 4.56. The summed E-state index contributed by atoms with van der Waals surface area (Å²) < 4.78 is 4.60. The molecule has 0 fully saturated rings. The van der Waals surface area contributed by atoms with Crippen molar-refractivity contribution in [2.45, 2.75) is 44.9 Å². The molecule has 1 unspecified atom stereocenters. The van der Waals surface area contributed by atoms with Gasteiger partial charge in [-0.2, -0.15) is 5.26 Å². The molecular weight excluding hydrogens is 258 g/mol. The van der Waals surface area contributed by atoms with Crippen LogP contribution in [0.1, 0.15) is 44.9 Å². The Morgan fingerprint density at radius 3 is 2.30 bits per heavy atom. The maximum absolute atomic E-state index is 10.2. The number of carbonyl (C=O) groups excluding carboxylic acids is 2. The van der Waals surface area contributed by atoms with E-state index in [-0.39, 0.29) is 0 Å². The smallest absolute Gasteiger partial charge is 0.286 e. The van der Waals surface area contributed by atoms with Crippen molar-refractivity contribution in [3.8, 4) is 6.26 Å². The second kappa shape index (κ2) is 15.1. The Bertz CT molecular complexity index is 366. The quantitative estimate of drug-likeness (QED) is 0.224. The zero-order chi connectivity index (χ0) is 14.9. The van der Waals surface area contributed by atoms with Gasteiger partial charge < -0.3 is 4.74 Å². The standard InChI is InChI=1S/C14H21N3O3/c15-11-20-9-5-1-2-6-14(10-17-13-19)7-3-4-8-16-12-18/h14H,1-10H2. The summed E-state index contributed by atoms with van der Waals surface area (Å²) in [5.74, 6) is 0.369. The minimum absolute atomic E-state index is 0.369. The van der Waals surface area contributed by atoms with Gasteiger partial charge in [0.25, 0.3) is 6.26 Å². The molecule has 0 saturated heterocycles. The predicted molar refractivity (Wildman–Crippen MR) is 73.4 cm³/mol. The monoisotopic (exact) mass is 279 g/mol. The SMILES string of the molecule is N#COCCCCCC(CCCCN=C=O)CN=C=O. The van der Waals surface area contributed by atoms with Crippen molar-refractivity contribution in [2.75, 3.05) is 19.7 Å². The molecule has 0 N–H and O–H groups in total. The van der Waals surface area contributed by atoms with Gasteiger partial charge in [0, 0.05) is 0 Å². The molecule has 0 rings (SSSR count). The number of rotatable bonds is 13. The molecule has 1 atom stereocenters. The number of hydrogen-bond acceptors (Lipinski definition) is 6. The van der Waals surface area contributed by atoms with Crippen LogP contribution < -0.4 is 0 Å². The summed E-state index contributed by atoms with van der Waals surface area (Å²) in [4.78, 5) is 27.2. The van der Waals surface area contributed by atoms with E-state index in [1.807, 2.05) is 0 Å². The van der Waals surface area contributed by atoms with Gasteiger partial charge in [0.1, 0.15) is 6.61 Å². The number of nitriles is 1.